The molecule has 1 unspecified atom stereocenters. The van der Waals surface area contributed by atoms with Crippen molar-refractivity contribution in [3.8, 4) is 11.1 Å². The van der Waals surface area contributed by atoms with Gasteiger partial charge in [0, 0.05) is 35.5 Å². The van der Waals surface area contributed by atoms with Gasteiger partial charge in [-0.2, -0.15) is 0 Å². The number of anilines is 2. The van der Waals surface area contributed by atoms with Crippen molar-refractivity contribution in [1.29, 1.82) is 0 Å². The standard InChI is InChI=1S/C62H62N2/c1-6-9-11-17-45-63(61-41-37-56(38-42-61)54-29-27-50(28-30-54)19-10-7-2)49(5)26-25-48(4)52-31-33-55(34-32-52)57-39-43-62(44-40-57)64(60-23-13-12-14-24-60)46-18-22-51(8-3)59-36-35-53-20-15-16-21-58(53)47-59/h6-31,33,37-39,41-43,45,59H,1-2,4-5,32,34-36,40,44,46-47H2,3H3/b11-9-,19-10-,22-18-,26-25-,45-17+,51-8+. The Morgan fingerprint density at radius 1 is 0.625 bits per heavy atom. The molecule has 0 aliphatic heterocycles. The molecular weight excluding hydrogens is 773 g/mol. The first kappa shape index (κ1) is 44.9. The van der Waals surface area contributed by atoms with Gasteiger partial charge in [0.1, 0.15) is 0 Å². The highest BCUT2D eigenvalue weighted by Crippen LogP contribution is 2.36. The number of aryl methyl sites for hydroxylation is 1. The van der Waals surface area contributed by atoms with Gasteiger partial charge in [-0.25, -0.2) is 0 Å². The highest BCUT2D eigenvalue weighted by molar-refractivity contribution is 5.70. The third-order valence-corrected chi connectivity index (χ3v) is 12.5. The molecule has 1 atom stereocenters. The molecule has 0 spiro atoms. The number of allylic oxidation sites excluding steroid dienone is 20. The molecule has 3 aliphatic carbocycles. The van der Waals surface area contributed by atoms with Gasteiger partial charge < -0.3 is 9.80 Å². The van der Waals surface area contributed by atoms with Crippen LogP contribution in [0.4, 0.5) is 11.4 Å². The van der Waals surface area contributed by atoms with Gasteiger partial charge in [-0.1, -0.05) is 184 Å². The molecule has 7 rings (SSSR count). The summed E-state index contributed by atoms with van der Waals surface area (Å²) < 4.78 is 0. The maximum atomic E-state index is 4.48. The van der Waals surface area contributed by atoms with Crippen LogP contribution in [-0.2, 0) is 12.8 Å². The fraction of sp³-hybridized carbons (Fsp3) is 0.161. The molecule has 0 radical (unpaired) electrons. The van der Waals surface area contributed by atoms with Crippen LogP contribution >= 0.6 is 0 Å². The molecule has 0 bridgehead atoms. The topological polar surface area (TPSA) is 6.48 Å². The van der Waals surface area contributed by atoms with Crippen molar-refractivity contribution in [2.45, 2.75) is 51.9 Å². The van der Waals surface area contributed by atoms with E-state index in [2.05, 4.69) is 207 Å². The minimum atomic E-state index is 0.574. The normalized spacial score (nSPS) is 16.7. The predicted octanol–water partition coefficient (Wildman–Crippen LogP) is 16.3. The van der Waals surface area contributed by atoms with Crippen molar-refractivity contribution in [2.24, 2.45) is 5.92 Å². The van der Waals surface area contributed by atoms with Gasteiger partial charge in [0.05, 0.1) is 0 Å². The number of fused-ring (bicyclic) bond motifs is 1. The van der Waals surface area contributed by atoms with Crippen LogP contribution in [0.15, 0.2) is 266 Å². The van der Waals surface area contributed by atoms with E-state index < -0.39 is 0 Å². The molecule has 0 saturated carbocycles. The Morgan fingerprint density at radius 2 is 1.31 bits per heavy atom. The molecule has 0 saturated heterocycles. The van der Waals surface area contributed by atoms with Crippen LogP contribution in [0.1, 0.15) is 55.7 Å². The summed E-state index contributed by atoms with van der Waals surface area (Å²) in [5.74, 6) is 0.574. The molecule has 0 heterocycles. The Morgan fingerprint density at radius 3 is 1.98 bits per heavy atom. The van der Waals surface area contributed by atoms with Crippen molar-refractivity contribution in [3.63, 3.8) is 0 Å². The molecule has 4 aromatic rings. The molecule has 4 aromatic carbocycles. The largest absolute Gasteiger partial charge is 0.341 e. The molecule has 3 aliphatic rings. The summed E-state index contributed by atoms with van der Waals surface area (Å²) in [4.78, 5) is 4.58. The lowest BCUT2D eigenvalue weighted by molar-refractivity contribution is 0.534. The lowest BCUT2D eigenvalue weighted by Crippen LogP contribution is -2.24. The molecular formula is C62H62N2. The molecule has 0 N–H and O–H groups in total. The smallest absolute Gasteiger partial charge is 0.0455 e. The third kappa shape index (κ3) is 11.8. The number of nitrogens with zero attached hydrogens (tertiary/aromatic N) is 2. The van der Waals surface area contributed by atoms with E-state index in [-0.39, 0.29) is 0 Å². The molecule has 320 valence electrons. The first-order valence-electron chi connectivity index (χ1n) is 22.8. The molecule has 2 heteroatoms. The summed E-state index contributed by atoms with van der Waals surface area (Å²) in [6.07, 6.45) is 43.5. The first-order chi connectivity index (χ1) is 31.4. The van der Waals surface area contributed by atoms with E-state index in [9.17, 15) is 0 Å². The van der Waals surface area contributed by atoms with Crippen LogP contribution in [0.3, 0.4) is 0 Å². The Kier molecular flexibility index (Phi) is 16.0. The second-order valence-electron chi connectivity index (χ2n) is 16.5. The SMILES string of the molecule is C=C/C=C\C=C\N(C(=C)/C=C\C(=C)C1=CC=C(C2=CC=C(N(C/C=C\C(=C/C)C3CCc4ccccc4C3)c3ccccc3)CC2)CC1)c1ccc(-c2ccc(/C=C\C=C)cc2)cc1. The van der Waals surface area contributed by atoms with E-state index in [0.717, 1.165) is 73.2 Å². The van der Waals surface area contributed by atoms with Crippen molar-refractivity contribution >= 4 is 17.5 Å². The van der Waals surface area contributed by atoms with Gasteiger partial charge in [-0.15, -0.1) is 0 Å². The fourth-order valence-corrected chi connectivity index (χ4v) is 8.82. The lowest BCUT2D eigenvalue weighted by Gasteiger charge is -2.30. The molecule has 0 aromatic heterocycles. The zero-order valence-corrected chi connectivity index (χ0v) is 37.6. The van der Waals surface area contributed by atoms with E-state index in [1.165, 1.54) is 56.8 Å². The predicted molar refractivity (Wildman–Crippen MR) is 279 cm³/mol. The van der Waals surface area contributed by atoms with Crippen molar-refractivity contribution in [3.05, 3.63) is 283 Å². The average molecular weight is 835 g/mol. The Balaban J connectivity index is 0.998. The van der Waals surface area contributed by atoms with Gasteiger partial charge in [0.25, 0.3) is 0 Å². The minimum absolute atomic E-state index is 0.574. The maximum Gasteiger partial charge on any atom is 0.0455 e. The summed E-state index contributed by atoms with van der Waals surface area (Å²) in [6, 6.07) is 36.9. The van der Waals surface area contributed by atoms with Gasteiger partial charge in [-0.3, -0.25) is 0 Å². The Hall–Kier alpha value is -7.16. The van der Waals surface area contributed by atoms with Crippen LogP contribution in [0.2, 0.25) is 0 Å². The van der Waals surface area contributed by atoms with E-state index >= 15 is 0 Å². The average Bonchev–Trinajstić information content (AvgIpc) is 3.35. The summed E-state index contributed by atoms with van der Waals surface area (Å²) in [5, 5.41) is 0. The highest BCUT2D eigenvalue weighted by Gasteiger charge is 2.21. The number of benzene rings is 4. The van der Waals surface area contributed by atoms with E-state index in [1.54, 1.807) is 12.2 Å². The minimum Gasteiger partial charge on any atom is -0.341 e. The maximum absolute atomic E-state index is 4.48. The summed E-state index contributed by atoms with van der Waals surface area (Å²) >= 11 is 0. The van der Waals surface area contributed by atoms with Gasteiger partial charge in [0.2, 0.25) is 0 Å². The fourth-order valence-electron chi connectivity index (χ4n) is 8.82. The second-order valence-corrected chi connectivity index (χ2v) is 16.5. The summed E-state index contributed by atoms with van der Waals surface area (Å²) in [6.45, 7) is 19.5. The Labute approximate surface area is 383 Å². The zero-order valence-electron chi connectivity index (χ0n) is 37.6. The molecule has 0 fully saturated rings. The number of hydrogen-bond donors (Lipinski definition) is 0. The lowest BCUT2D eigenvalue weighted by atomic mass is 9.79. The molecule has 2 nitrogen and oxygen atoms in total. The molecule has 0 amide bonds. The number of rotatable bonds is 18. The summed E-state index contributed by atoms with van der Waals surface area (Å²) in [7, 11) is 0. The van der Waals surface area contributed by atoms with Crippen LogP contribution in [0.25, 0.3) is 17.2 Å². The van der Waals surface area contributed by atoms with E-state index in [1.807, 2.05) is 30.5 Å². The van der Waals surface area contributed by atoms with Crippen LogP contribution in [-0.4, -0.2) is 6.54 Å². The van der Waals surface area contributed by atoms with Crippen LogP contribution in [0, 0.1) is 5.92 Å². The Bertz CT molecular complexity index is 2610. The quantitative estimate of drug-likeness (QED) is 0.0922. The van der Waals surface area contributed by atoms with Gasteiger partial charge >= 0.3 is 0 Å². The monoisotopic (exact) mass is 834 g/mol. The van der Waals surface area contributed by atoms with Crippen molar-refractivity contribution in [1.82, 2.24) is 0 Å². The molecule has 64 heavy (non-hydrogen) atoms. The van der Waals surface area contributed by atoms with Gasteiger partial charge in [-0.05, 0) is 156 Å². The highest BCUT2D eigenvalue weighted by atomic mass is 15.1. The zero-order chi connectivity index (χ0) is 44.5. The van der Waals surface area contributed by atoms with E-state index in [0.29, 0.717) is 5.92 Å². The number of para-hydroxylation sites is 1. The third-order valence-electron chi connectivity index (χ3n) is 12.5. The summed E-state index contributed by atoms with van der Waals surface area (Å²) in [5.41, 5.74) is 17.5. The van der Waals surface area contributed by atoms with Crippen LogP contribution in [0.5, 0.6) is 0 Å². The second kappa shape index (κ2) is 22.8. The van der Waals surface area contributed by atoms with E-state index in [4.69, 9.17) is 0 Å². The number of hydrogen-bond acceptors (Lipinski definition) is 2. The van der Waals surface area contributed by atoms with Crippen molar-refractivity contribution < 1.29 is 0 Å². The first-order valence-corrected chi connectivity index (χ1v) is 22.8. The van der Waals surface area contributed by atoms with Gasteiger partial charge in [0.15, 0.2) is 0 Å². The van der Waals surface area contributed by atoms with Crippen LogP contribution < -0.4 is 9.80 Å². The van der Waals surface area contributed by atoms with Crippen molar-refractivity contribution in [2.75, 3.05) is 16.3 Å².